The molecule has 0 radical (unpaired) electrons. The van der Waals surface area contributed by atoms with Crippen LogP contribution in [0.1, 0.15) is 50.8 Å². The van der Waals surface area contributed by atoms with Crippen molar-refractivity contribution < 1.29 is 14.1 Å². The van der Waals surface area contributed by atoms with E-state index in [0.29, 0.717) is 18.7 Å². The molecule has 0 aromatic carbocycles. The van der Waals surface area contributed by atoms with Crippen molar-refractivity contribution in [2.45, 2.75) is 51.7 Å². The minimum atomic E-state index is -0.879. The van der Waals surface area contributed by atoms with Gasteiger partial charge in [-0.15, -0.1) is 0 Å². The van der Waals surface area contributed by atoms with Crippen LogP contribution in [0.5, 0.6) is 0 Å². The van der Waals surface area contributed by atoms with E-state index < -0.39 is 5.60 Å². The minimum Gasteiger partial charge on any atom is -0.364 e. The highest BCUT2D eigenvalue weighted by Gasteiger charge is 2.44. The molecule has 0 amide bonds. The van der Waals surface area contributed by atoms with Gasteiger partial charge in [0, 0.05) is 12.0 Å². The summed E-state index contributed by atoms with van der Waals surface area (Å²) in [6.45, 7) is 4.33. The molecule has 0 saturated heterocycles. The number of aromatic nitrogens is 1. The van der Waals surface area contributed by atoms with Crippen molar-refractivity contribution in [2.75, 3.05) is 0 Å². The van der Waals surface area contributed by atoms with Crippen LogP contribution in [0, 0.1) is 0 Å². The van der Waals surface area contributed by atoms with E-state index in [2.05, 4.69) is 12.1 Å². The summed E-state index contributed by atoms with van der Waals surface area (Å²) in [5.74, 6) is 0.105. The lowest BCUT2D eigenvalue weighted by Crippen LogP contribution is -2.32. The normalized spacial score (nSPS) is 23.4. The first-order valence-corrected chi connectivity index (χ1v) is 5.79. The first kappa shape index (κ1) is 11.3. The molecular formula is C12H17NO3. The third-order valence-corrected chi connectivity index (χ3v) is 3.15. The molecule has 4 nitrogen and oxygen atoms in total. The predicted octanol–water partition coefficient (Wildman–Crippen LogP) is 2.57. The van der Waals surface area contributed by atoms with Crippen LogP contribution >= 0.6 is 0 Å². The highest BCUT2D eigenvalue weighted by molar-refractivity contribution is 5.88. The van der Waals surface area contributed by atoms with E-state index in [0.717, 1.165) is 24.8 Å². The molecule has 16 heavy (non-hydrogen) atoms. The SMILES string of the molecule is CCCCCC(=O)C1(C)OCc2conc21. The number of rotatable bonds is 5. The van der Waals surface area contributed by atoms with E-state index in [1.54, 1.807) is 13.2 Å². The van der Waals surface area contributed by atoms with Crippen LogP contribution < -0.4 is 0 Å². The molecule has 2 heterocycles. The van der Waals surface area contributed by atoms with Gasteiger partial charge in [0.15, 0.2) is 11.4 Å². The molecular weight excluding hydrogens is 206 g/mol. The Balaban J connectivity index is 2.06. The van der Waals surface area contributed by atoms with E-state index in [9.17, 15) is 4.79 Å². The van der Waals surface area contributed by atoms with Crippen molar-refractivity contribution in [1.82, 2.24) is 5.16 Å². The summed E-state index contributed by atoms with van der Waals surface area (Å²) in [5, 5.41) is 3.88. The molecule has 1 aromatic rings. The molecule has 0 bridgehead atoms. The fraction of sp³-hybridized carbons (Fsp3) is 0.667. The van der Waals surface area contributed by atoms with Gasteiger partial charge in [0.05, 0.1) is 6.61 Å². The molecule has 4 heteroatoms. The predicted molar refractivity (Wildman–Crippen MR) is 57.8 cm³/mol. The van der Waals surface area contributed by atoms with Crippen molar-refractivity contribution in [3.05, 3.63) is 17.5 Å². The summed E-state index contributed by atoms with van der Waals surface area (Å²) < 4.78 is 10.4. The zero-order chi connectivity index (χ0) is 11.6. The Morgan fingerprint density at radius 2 is 2.38 bits per heavy atom. The third kappa shape index (κ3) is 1.78. The van der Waals surface area contributed by atoms with Gasteiger partial charge in [-0.05, 0) is 13.3 Å². The fourth-order valence-corrected chi connectivity index (χ4v) is 2.03. The number of carbonyl (C=O) groups excluding carboxylic acids is 1. The Morgan fingerprint density at radius 3 is 3.12 bits per heavy atom. The Bertz CT molecular complexity index is 385. The molecule has 0 N–H and O–H groups in total. The number of ketones is 1. The van der Waals surface area contributed by atoms with Crippen molar-refractivity contribution in [1.29, 1.82) is 0 Å². The van der Waals surface area contributed by atoms with E-state index in [1.165, 1.54) is 0 Å². The highest BCUT2D eigenvalue weighted by atomic mass is 16.5. The molecule has 1 aliphatic heterocycles. The van der Waals surface area contributed by atoms with Gasteiger partial charge in [0.1, 0.15) is 12.0 Å². The monoisotopic (exact) mass is 223 g/mol. The second-order valence-electron chi connectivity index (χ2n) is 4.39. The van der Waals surface area contributed by atoms with Gasteiger partial charge in [-0.25, -0.2) is 0 Å². The largest absolute Gasteiger partial charge is 0.364 e. The van der Waals surface area contributed by atoms with E-state index >= 15 is 0 Å². The Hall–Kier alpha value is -1.16. The quantitative estimate of drug-likeness (QED) is 0.720. The van der Waals surface area contributed by atoms with Crippen LogP contribution in [-0.2, 0) is 21.7 Å². The Labute approximate surface area is 95.0 Å². The van der Waals surface area contributed by atoms with Crippen LogP contribution in [0.3, 0.4) is 0 Å². The molecule has 1 unspecified atom stereocenters. The number of fused-ring (bicyclic) bond motifs is 1. The topological polar surface area (TPSA) is 52.3 Å². The minimum absolute atomic E-state index is 0.105. The molecule has 1 aromatic heterocycles. The standard InChI is InChI=1S/C12H17NO3/c1-3-4-5-6-10(14)12(2)11-9(7-15-12)8-16-13-11/h8H,3-7H2,1-2H3. The van der Waals surface area contributed by atoms with Gasteiger partial charge in [-0.3, -0.25) is 4.79 Å². The molecule has 1 atom stereocenters. The molecule has 0 fully saturated rings. The van der Waals surface area contributed by atoms with E-state index in [4.69, 9.17) is 9.26 Å². The molecule has 0 saturated carbocycles. The summed E-state index contributed by atoms with van der Waals surface area (Å²) in [6, 6.07) is 0. The summed E-state index contributed by atoms with van der Waals surface area (Å²) in [6.07, 6.45) is 5.21. The average Bonchev–Trinajstić information content (AvgIpc) is 2.84. The van der Waals surface area contributed by atoms with Gasteiger partial charge in [0.25, 0.3) is 0 Å². The number of Topliss-reactive ketones (excluding diaryl/α,β-unsaturated/α-hetero) is 1. The van der Waals surface area contributed by atoms with Gasteiger partial charge in [-0.2, -0.15) is 0 Å². The summed E-state index contributed by atoms with van der Waals surface area (Å²) in [5.41, 5.74) is 0.677. The zero-order valence-corrected chi connectivity index (χ0v) is 9.78. The van der Waals surface area contributed by atoms with E-state index in [-0.39, 0.29) is 5.78 Å². The maximum absolute atomic E-state index is 12.1. The highest BCUT2D eigenvalue weighted by Crippen LogP contribution is 2.37. The first-order chi connectivity index (χ1) is 7.68. The molecule has 88 valence electrons. The lowest BCUT2D eigenvalue weighted by molar-refractivity contribution is -0.143. The smallest absolute Gasteiger partial charge is 0.170 e. The average molecular weight is 223 g/mol. The number of nitrogens with zero attached hydrogens (tertiary/aromatic N) is 1. The lowest BCUT2D eigenvalue weighted by Gasteiger charge is -2.20. The number of ether oxygens (including phenoxy) is 1. The molecule has 2 rings (SSSR count). The van der Waals surface area contributed by atoms with Crippen molar-refractivity contribution >= 4 is 5.78 Å². The number of hydrogen-bond acceptors (Lipinski definition) is 4. The van der Waals surface area contributed by atoms with Crippen molar-refractivity contribution in [3.8, 4) is 0 Å². The second kappa shape index (κ2) is 4.37. The third-order valence-electron chi connectivity index (χ3n) is 3.15. The lowest BCUT2D eigenvalue weighted by atomic mass is 9.92. The maximum atomic E-state index is 12.1. The van der Waals surface area contributed by atoms with Gasteiger partial charge in [0.2, 0.25) is 0 Å². The summed E-state index contributed by atoms with van der Waals surface area (Å²) >= 11 is 0. The van der Waals surface area contributed by atoms with Crippen LogP contribution in [0.25, 0.3) is 0 Å². The maximum Gasteiger partial charge on any atom is 0.170 e. The number of carbonyl (C=O) groups is 1. The fourth-order valence-electron chi connectivity index (χ4n) is 2.03. The van der Waals surface area contributed by atoms with Gasteiger partial charge in [-0.1, -0.05) is 24.9 Å². The zero-order valence-electron chi connectivity index (χ0n) is 9.78. The Morgan fingerprint density at radius 1 is 1.56 bits per heavy atom. The van der Waals surface area contributed by atoms with Crippen LogP contribution in [0.15, 0.2) is 10.8 Å². The van der Waals surface area contributed by atoms with Crippen molar-refractivity contribution in [2.24, 2.45) is 0 Å². The van der Waals surface area contributed by atoms with Crippen molar-refractivity contribution in [3.63, 3.8) is 0 Å². The van der Waals surface area contributed by atoms with Gasteiger partial charge >= 0.3 is 0 Å². The van der Waals surface area contributed by atoms with Crippen LogP contribution in [0.2, 0.25) is 0 Å². The van der Waals surface area contributed by atoms with E-state index in [1.807, 2.05) is 0 Å². The first-order valence-electron chi connectivity index (χ1n) is 5.79. The summed E-state index contributed by atoms with van der Waals surface area (Å²) in [4.78, 5) is 12.1. The Kier molecular flexibility index (Phi) is 3.10. The summed E-state index contributed by atoms with van der Waals surface area (Å²) in [7, 11) is 0. The molecule has 0 spiro atoms. The number of unbranched alkanes of at least 4 members (excludes halogenated alkanes) is 2. The second-order valence-corrected chi connectivity index (χ2v) is 4.39. The number of hydrogen-bond donors (Lipinski definition) is 0. The molecule has 0 aliphatic carbocycles. The van der Waals surface area contributed by atoms with Gasteiger partial charge < -0.3 is 9.26 Å². The van der Waals surface area contributed by atoms with Crippen LogP contribution in [0.4, 0.5) is 0 Å². The van der Waals surface area contributed by atoms with Crippen LogP contribution in [-0.4, -0.2) is 10.9 Å². The molecule has 1 aliphatic rings.